The summed E-state index contributed by atoms with van der Waals surface area (Å²) < 4.78 is 83.6. The summed E-state index contributed by atoms with van der Waals surface area (Å²) in [6.07, 6.45) is -0.323. The van der Waals surface area contributed by atoms with Gasteiger partial charge in [-0.05, 0) is 39.7 Å². The highest BCUT2D eigenvalue weighted by Gasteiger charge is 2.28. The molecule has 0 aliphatic heterocycles. The van der Waals surface area contributed by atoms with Gasteiger partial charge in [0.2, 0.25) is 5.82 Å². The molecule has 1 aromatic rings. The minimum absolute atomic E-state index is 0.151. The van der Waals surface area contributed by atoms with Crippen molar-refractivity contribution >= 4 is 9.76 Å². The number of ether oxygens (including phenoxy) is 2. The molecule has 0 bridgehead atoms. The molecule has 0 fully saturated rings. The third-order valence-electron chi connectivity index (χ3n) is 3.31. The van der Waals surface area contributed by atoms with Crippen molar-refractivity contribution in [3.05, 3.63) is 34.6 Å². The molecule has 0 saturated carbocycles. The van der Waals surface area contributed by atoms with Gasteiger partial charge in [-0.2, -0.15) is 0 Å². The molecule has 0 amide bonds. The number of benzene rings is 1. The quantitative estimate of drug-likeness (QED) is 0.210. The van der Waals surface area contributed by atoms with E-state index in [4.69, 9.17) is 13.9 Å². The first kappa shape index (κ1) is 22.0. The van der Waals surface area contributed by atoms with Crippen LogP contribution in [0.1, 0.15) is 46.1 Å². The van der Waals surface area contributed by atoms with E-state index in [-0.39, 0.29) is 18.3 Å². The van der Waals surface area contributed by atoms with Crippen LogP contribution in [0.2, 0.25) is 6.04 Å². The molecule has 1 rings (SSSR count). The van der Waals surface area contributed by atoms with Gasteiger partial charge in [0, 0.05) is 5.56 Å². The molecule has 144 valence electrons. The lowest BCUT2D eigenvalue weighted by molar-refractivity contribution is -0.275. The van der Waals surface area contributed by atoms with E-state index in [0.29, 0.717) is 0 Å². The Kier molecular flexibility index (Phi) is 8.46. The van der Waals surface area contributed by atoms with Crippen molar-refractivity contribution < 1.29 is 35.9 Å². The van der Waals surface area contributed by atoms with Gasteiger partial charge in [0.1, 0.15) is 0 Å². The Labute approximate surface area is 146 Å². The lowest BCUT2D eigenvalue weighted by atomic mass is 10.0. The molecule has 25 heavy (non-hydrogen) atoms. The van der Waals surface area contributed by atoms with Gasteiger partial charge in [-0.15, -0.1) is 0 Å². The fourth-order valence-corrected chi connectivity index (χ4v) is 3.22. The third kappa shape index (κ3) is 6.02. The second-order valence-electron chi connectivity index (χ2n) is 6.20. The van der Waals surface area contributed by atoms with Crippen LogP contribution in [-0.2, 0) is 13.9 Å². The Hall–Kier alpha value is -1.03. The molecule has 1 aromatic carbocycles. The molecule has 0 spiro atoms. The lowest BCUT2D eigenvalue weighted by Crippen LogP contribution is -2.29. The van der Waals surface area contributed by atoms with E-state index in [1.807, 2.05) is 0 Å². The smallest absolute Gasteiger partial charge is 0.262 e. The van der Waals surface area contributed by atoms with Gasteiger partial charge in [0.05, 0.1) is 12.2 Å². The molecule has 1 atom stereocenters. The second-order valence-corrected chi connectivity index (χ2v) is 7.52. The Balaban J connectivity index is 2.78. The Morgan fingerprint density at radius 2 is 1.12 bits per heavy atom. The molecule has 0 N–H and O–H groups in total. The van der Waals surface area contributed by atoms with Crippen molar-refractivity contribution in [2.24, 2.45) is 0 Å². The molecular formula is C16H23F5O3Si. The summed E-state index contributed by atoms with van der Waals surface area (Å²) in [6, 6.07) is 0.151. The van der Waals surface area contributed by atoms with Crippen molar-refractivity contribution in [3.8, 4) is 0 Å². The van der Waals surface area contributed by atoms with Gasteiger partial charge in [0.15, 0.2) is 33.0 Å². The molecular weight excluding hydrogens is 363 g/mol. The van der Waals surface area contributed by atoms with Gasteiger partial charge in [-0.3, -0.25) is 0 Å². The molecule has 9 heteroatoms. The Bertz CT molecular complexity index is 544. The van der Waals surface area contributed by atoms with E-state index in [1.165, 1.54) is 6.92 Å². The third-order valence-corrected chi connectivity index (χ3v) is 4.92. The van der Waals surface area contributed by atoms with Gasteiger partial charge < -0.3 is 13.9 Å². The van der Waals surface area contributed by atoms with Crippen LogP contribution in [0.15, 0.2) is 0 Å². The van der Waals surface area contributed by atoms with Crippen LogP contribution in [-0.4, -0.2) is 28.4 Å². The molecule has 0 aromatic heterocycles. The van der Waals surface area contributed by atoms with Crippen molar-refractivity contribution in [2.75, 3.05) is 0 Å². The monoisotopic (exact) mass is 386 g/mol. The summed E-state index contributed by atoms with van der Waals surface area (Å²) >= 11 is 0. The van der Waals surface area contributed by atoms with Crippen molar-refractivity contribution in [3.63, 3.8) is 0 Å². The highest BCUT2D eigenvalue weighted by molar-refractivity contribution is 6.27. The minimum Gasteiger partial charge on any atom is -0.379 e. The first-order chi connectivity index (χ1) is 11.6. The fraction of sp³-hybridized carbons (Fsp3) is 0.625. The predicted molar refractivity (Wildman–Crippen MR) is 85.3 cm³/mol. The number of rotatable bonds is 9. The Morgan fingerprint density at radius 1 is 0.720 bits per heavy atom. The molecule has 0 heterocycles. The lowest BCUT2D eigenvalue weighted by Gasteiger charge is -2.24. The molecule has 3 nitrogen and oxygen atoms in total. The predicted octanol–water partition coefficient (Wildman–Crippen LogP) is 4.14. The maximum absolute atomic E-state index is 13.8. The van der Waals surface area contributed by atoms with Crippen LogP contribution in [0.3, 0.4) is 0 Å². The second kappa shape index (κ2) is 9.61. The van der Waals surface area contributed by atoms with Crippen LogP contribution in [0, 0.1) is 29.1 Å². The topological polar surface area (TPSA) is 27.7 Å². The van der Waals surface area contributed by atoms with Crippen molar-refractivity contribution in [1.29, 1.82) is 0 Å². The average molecular weight is 386 g/mol. The summed E-state index contributed by atoms with van der Waals surface area (Å²) in [5.41, 5.74) is -0.821. The van der Waals surface area contributed by atoms with E-state index in [1.54, 1.807) is 27.7 Å². The summed E-state index contributed by atoms with van der Waals surface area (Å²) in [4.78, 5) is 0. The normalized spacial score (nSPS) is 13.8. The molecule has 0 aliphatic carbocycles. The SMILES string of the molecule is CC(C)OC(O[SiH2]CC(C)c1c(F)c(F)c(F)c(F)c1F)OC(C)C. The van der Waals surface area contributed by atoms with Crippen LogP contribution < -0.4 is 0 Å². The van der Waals surface area contributed by atoms with Crippen LogP contribution >= 0.6 is 0 Å². The number of hydrogen-bond donors (Lipinski definition) is 0. The molecule has 0 aliphatic rings. The highest BCUT2D eigenvalue weighted by atomic mass is 28.2. The van der Waals surface area contributed by atoms with E-state index in [0.717, 1.165) is 0 Å². The molecule has 0 saturated heterocycles. The van der Waals surface area contributed by atoms with Gasteiger partial charge in [-0.1, -0.05) is 6.92 Å². The number of halogens is 5. The van der Waals surface area contributed by atoms with Gasteiger partial charge in [-0.25, -0.2) is 22.0 Å². The van der Waals surface area contributed by atoms with E-state index >= 15 is 0 Å². The van der Waals surface area contributed by atoms with Crippen molar-refractivity contribution in [1.82, 2.24) is 0 Å². The molecule has 1 unspecified atom stereocenters. The summed E-state index contributed by atoms with van der Waals surface area (Å²) in [7, 11) is -1.40. The summed E-state index contributed by atoms with van der Waals surface area (Å²) in [6.45, 7) is 7.63. The first-order valence-corrected chi connectivity index (χ1v) is 9.57. The fourth-order valence-electron chi connectivity index (χ4n) is 2.10. The van der Waals surface area contributed by atoms with Crippen molar-refractivity contribution in [2.45, 2.75) is 65.3 Å². The molecule has 0 radical (unpaired) electrons. The zero-order valence-electron chi connectivity index (χ0n) is 14.8. The summed E-state index contributed by atoms with van der Waals surface area (Å²) in [5.74, 6) is -10.5. The van der Waals surface area contributed by atoms with Gasteiger partial charge >= 0.3 is 0 Å². The Morgan fingerprint density at radius 3 is 1.52 bits per heavy atom. The highest BCUT2D eigenvalue weighted by Crippen LogP contribution is 2.30. The van der Waals surface area contributed by atoms with Gasteiger partial charge in [0.25, 0.3) is 6.48 Å². The maximum atomic E-state index is 13.8. The van der Waals surface area contributed by atoms with E-state index in [9.17, 15) is 22.0 Å². The number of hydrogen-bond acceptors (Lipinski definition) is 3. The largest absolute Gasteiger partial charge is 0.379 e. The summed E-state index contributed by atoms with van der Waals surface area (Å²) in [5, 5.41) is 0. The van der Waals surface area contributed by atoms with Crippen LogP contribution in [0.25, 0.3) is 0 Å². The van der Waals surface area contributed by atoms with E-state index in [2.05, 4.69) is 0 Å². The minimum atomic E-state index is -2.16. The first-order valence-electron chi connectivity index (χ1n) is 8.00. The maximum Gasteiger partial charge on any atom is 0.262 e. The standard InChI is InChI=1S/C16H23F5O3Si/c1-7(2)22-16(23-8(3)4)24-25-6-9(5)10-11(17)13(19)15(21)14(20)12(10)18/h7-9,16H,6,25H2,1-5H3. The van der Waals surface area contributed by atoms with Crippen LogP contribution in [0.4, 0.5) is 22.0 Å². The van der Waals surface area contributed by atoms with E-state index < -0.39 is 56.8 Å². The van der Waals surface area contributed by atoms with Crippen LogP contribution in [0.5, 0.6) is 0 Å². The average Bonchev–Trinajstić information content (AvgIpc) is 2.50. The zero-order valence-corrected chi connectivity index (χ0v) is 16.3. The zero-order chi connectivity index (χ0) is 19.3.